The van der Waals surface area contributed by atoms with Crippen molar-refractivity contribution >= 4 is 5.97 Å². The van der Waals surface area contributed by atoms with Crippen molar-refractivity contribution in [2.24, 2.45) is 0 Å². The molecule has 0 saturated carbocycles. The minimum absolute atomic E-state index is 0.0486. The van der Waals surface area contributed by atoms with Gasteiger partial charge in [0.2, 0.25) is 0 Å². The zero-order chi connectivity index (χ0) is 11.3. The fourth-order valence-corrected chi connectivity index (χ4v) is 1.31. The zero-order valence-electron chi connectivity index (χ0n) is 8.82. The molecule has 0 unspecified atom stereocenters. The van der Waals surface area contributed by atoms with Crippen molar-refractivity contribution in [1.82, 2.24) is 0 Å². The Kier molecular flexibility index (Phi) is 4.12. The number of aliphatic hydroxyl groups excluding tert-OH is 1. The van der Waals surface area contributed by atoms with E-state index < -0.39 is 5.97 Å². The number of hydrogen-bond donors (Lipinski definition) is 1. The maximum absolute atomic E-state index is 11.4. The van der Waals surface area contributed by atoms with Crippen LogP contribution in [0.2, 0.25) is 0 Å². The standard InChI is InChI=1S/C11H14O4/c1-14-10-4-3-8(5-6-12)7-9(10)11(13)15-2/h3-4,7,12H,5-6H2,1-2H3. The van der Waals surface area contributed by atoms with Gasteiger partial charge in [0.05, 0.1) is 14.2 Å². The Morgan fingerprint density at radius 1 is 1.40 bits per heavy atom. The summed E-state index contributed by atoms with van der Waals surface area (Å²) in [4.78, 5) is 11.4. The fraction of sp³-hybridized carbons (Fsp3) is 0.364. The predicted octanol–water partition coefficient (Wildman–Crippen LogP) is 1.02. The highest BCUT2D eigenvalue weighted by Crippen LogP contribution is 2.20. The van der Waals surface area contributed by atoms with E-state index in [1.807, 2.05) is 6.07 Å². The number of hydrogen-bond acceptors (Lipinski definition) is 4. The Hall–Kier alpha value is -1.55. The molecular formula is C11H14O4. The largest absolute Gasteiger partial charge is 0.496 e. The molecule has 0 fully saturated rings. The van der Waals surface area contributed by atoms with Gasteiger partial charge in [-0.1, -0.05) is 6.07 Å². The van der Waals surface area contributed by atoms with Crippen molar-refractivity contribution in [3.63, 3.8) is 0 Å². The molecule has 0 aromatic heterocycles. The van der Waals surface area contributed by atoms with Crippen molar-refractivity contribution in [2.45, 2.75) is 6.42 Å². The number of aliphatic hydroxyl groups is 1. The number of esters is 1. The van der Waals surface area contributed by atoms with E-state index in [0.29, 0.717) is 17.7 Å². The number of carbonyl (C=O) groups is 1. The number of carbonyl (C=O) groups excluding carboxylic acids is 1. The molecule has 1 aromatic carbocycles. The summed E-state index contributed by atoms with van der Waals surface area (Å²) in [6.07, 6.45) is 0.508. The molecular weight excluding hydrogens is 196 g/mol. The molecule has 0 saturated heterocycles. The molecule has 82 valence electrons. The second-order valence-electron chi connectivity index (χ2n) is 3.00. The molecule has 4 nitrogen and oxygen atoms in total. The maximum atomic E-state index is 11.4. The van der Waals surface area contributed by atoms with Gasteiger partial charge in [0, 0.05) is 6.61 Å². The van der Waals surface area contributed by atoms with E-state index in [-0.39, 0.29) is 6.61 Å². The molecule has 0 aliphatic rings. The lowest BCUT2D eigenvalue weighted by Gasteiger charge is -2.08. The van der Waals surface area contributed by atoms with Crippen LogP contribution < -0.4 is 4.74 Å². The van der Waals surface area contributed by atoms with E-state index in [1.165, 1.54) is 14.2 Å². The van der Waals surface area contributed by atoms with Crippen LogP contribution in [-0.4, -0.2) is 31.9 Å². The second kappa shape index (κ2) is 5.36. The SMILES string of the molecule is COC(=O)c1cc(CCO)ccc1OC. The summed E-state index contributed by atoms with van der Waals surface area (Å²) in [7, 11) is 2.81. The van der Waals surface area contributed by atoms with E-state index in [0.717, 1.165) is 5.56 Å². The molecule has 0 bridgehead atoms. The monoisotopic (exact) mass is 210 g/mol. The minimum atomic E-state index is -0.438. The summed E-state index contributed by atoms with van der Waals surface area (Å²) in [5.41, 5.74) is 1.25. The average Bonchev–Trinajstić information content (AvgIpc) is 2.28. The predicted molar refractivity (Wildman–Crippen MR) is 55.1 cm³/mol. The topological polar surface area (TPSA) is 55.8 Å². The first kappa shape index (κ1) is 11.5. The summed E-state index contributed by atoms with van der Waals surface area (Å²) in [6.45, 7) is 0.0486. The highest BCUT2D eigenvalue weighted by molar-refractivity contribution is 5.92. The molecule has 4 heteroatoms. The van der Waals surface area contributed by atoms with Gasteiger partial charge in [-0.3, -0.25) is 0 Å². The van der Waals surface area contributed by atoms with Crippen LogP contribution in [0, 0.1) is 0 Å². The van der Waals surface area contributed by atoms with Crippen LogP contribution in [0.3, 0.4) is 0 Å². The maximum Gasteiger partial charge on any atom is 0.341 e. The van der Waals surface area contributed by atoms with Gasteiger partial charge in [-0.25, -0.2) is 4.79 Å². The summed E-state index contributed by atoms with van der Waals surface area (Å²) in [5, 5.41) is 8.79. The Bertz CT molecular complexity index is 346. The Balaban J connectivity index is 3.07. The molecule has 0 spiro atoms. The normalized spacial score (nSPS) is 9.80. The molecule has 0 aliphatic carbocycles. The fourth-order valence-electron chi connectivity index (χ4n) is 1.31. The van der Waals surface area contributed by atoms with Gasteiger partial charge < -0.3 is 14.6 Å². The smallest absolute Gasteiger partial charge is 0.341 e. The van der Waals surface area contributed by atoms with Crippen LogP contribution in [-0.2, 0) is 11.2 Å². The van der Waals surface area contributed by atoms with Gasteiger partial charge in [-0.2, -0.15) is 0 Å². The van der Waals surface area contributed by atoms with Crippen LogP contribution in [0.1, 0.15) is 15.9 Å². The van der Waals surface area contributed by atoms with Crippen molar-refractivity contribution in [1.29, 1.82) is 0 Å². The molecule has 0 atom stereocenters. The van der Waals surface area contributed by atoms with E-state index in [4.69, 9.17) is 9.84 Å². The first-order valence-corrected chi connectivity index (χ1v) is 4.59. The summed E-state index contributed by atoms with van der Waals surface area (Å²) < 4.78 is 9.67. The molecule has 0 aliphatic heterocycles. The van der Waals surface area contributed by atoms with Crippen molar-refractivity contribution in [2.75, 3.05) is 20.8 Å². The van der Waals surface area contributed by atoms with Crippen molar-refractivity contribution < 1.29 is 19.4 Å². The molecule has 0 heterocycles. The van der Waals surface area contributed by atoms with Gasteiger partial charge >= 0.3 is 5.97 Å². The van der Waals surface area contributed by atoms with E-state index >= 15 is 0 Å². The molecule has 0 amide bonds. The van der Waals surface area contributed by atoms with E-state index in [1.54, 1.807) is 12.1 Å². The number of rotatable bonds is 4. The lowest BCUT2D eigenvalue weighted by molar-refractivity contribution is 0.0597. The second-order valence-corrected chi connectivity index (χ2v) is 3.00. The third-order valence-electron chi connectivity index (χ3n) is 2.07. The quantitative estimate of drug-likeness (QED) is 0.754. The van der Waals surface area contributed by atoms with E-state index in [9.17, 15) is 4.79 Å². The molecule has 15 heavy (non-hydrogen) atoms. The highest BCUT2D eigenvalue weighted by atomic mass is 16.5. The van der Waals surface area contributed by atoms with Gasteiger partial charge in [-0.15, -0.1) is 0 Å². The van der Waals surface area contributed by atoms with Crippen LogP contribution in [0.5, 0.6) is 5.75 Å². The van der Waals surface area contributed by atoms with Crippen LogP contribution in [0.15, 0.2) is 18.2 Å². The number of benzene rings is 1. The lowest BCUT2D eigenvalue weighted by Crippen LogP contribution is -2.05. The number of methoxy groups -OCH3 is 2. The van der Waals surface area contributed by atoms with Gasteiger partial charge in [0.25, 0.3) is 0 Å². The molecule has 1 N–H and O–H groups in total. The zero-order valence-corrected chi connectivity index (χ0v) is 8.82. The van der Waals surface area contributed by atoms with Crippen LogP contribution in [0.4, 0.5) is 0 Å². The third-order valence-corrected chi connectivity index (χ3v) is 2.07. The Labute approximate surface area is 88.4 Å². The van der Waals surface area contributed by atoms with Crippen molar-refractivity contribution in [3.8, 4) is 5.75 Å². The Morgan fingerprint density at radius 2 is 2.13 bits per heavy atom. The summed E-state index contributed by atoms with van der Waals surface area (Å²) >= 11 is 0. The van der Waals surface area contributed by atoms with E-state index in [2.05, 4.69) is 4.74 Å². The molecule has 1 aromatic rings. The van der Waals surface area contributed by atoms with Gasteiger partial charge in [0.15, 0.2) is 0 Å². The minimum Gasteiger partial charge on any atom is -0.496 e. The molecule has 0 radical (unpaired) electrons. The third kappa shape index (κ3) is 2.70. The van der Waals surface area contributed by atoms with Crippen LogP contribution in [0.25, 0.3) is 0 Å². The first-order chi connectivity index (χ1) is 7.22. The molecule has 1 rings (SSSR count). The lowest BCUT2D eigenvalue weighted by atomic mass is 10.1. The first-order valence-electron chi connectivity index (χ1n) is 4.59. The summed E-state index contributed by atoms with van der Waals surface area (Å²) in [5.74, 6) is 0.0372. The van der Waals surface area contributed by atoms with Gasteiger partial charge in [-0.05, 0) is 24.1 Å². The van der Waals surface area contributed by atoms with Gasteiger partial charge in [0.1, 0.15) is 11.3 Å². The number of ether oxygens (including phenoxy) is 2. The summed E-state index contributed by atoms with van der Waals surface area (Å²) in [6, 6.07) is 5.17. The Morgan fingerprint density at radius 3 is 2.67 bits per heavy atom. The average molecular weight is 210 g/mol. The van der Waals surface area contributed by atoms with Crippen LogP contribution >= 0.6 is 0 Å². The van der Waals surface area contributed by atoms with Crippen molar-refractivity contribution in [3.05, 3.63) is 29.3 Å². The highest BCUT2D eigenvalue weighted by Gasteiger charge is 2.12.